The Hall–Kier alpha value is -2.50. The van der Waals surface area contributed by atoms with Crippen LogP contribution in [0.2, 0.25) is 0 Å². The Morgan fingerprint density at radius 1 is 0.667 bits per heavy atom. The molecule has 0 saturated carbocycles. The van der Waals surface area contributed by atoms with Crippen molar-refractivity contribution in [3.63, 3.8) is 0 Å². The minimum absolute atomic E-state index is 0.200. The van der Waals surface area contributed by atoms with Crippen molar-refractivity contribution in [2.45, 2.75) is 24.9 Å². The van der Waals surface area contributed by atoms with Crippen LogP contribution >= 0.6 is 0 Å². The van der Waals surface area contributed by atoms with Gasteiger partial charge >= 0.3 is 0 Å². The summed E-state index contributed by atoms with van der Waals surface area (Å²) in [5.74, 6) is 0. The van der Waals surface area contributed by atoms with Gasteiger partial charge in [-0.25, -0.2) is 0 Å². The second kappa shape index (κ2) is 9.44. The molecule has 1 aliphatic rings. The number of rotatable bonds is 3. The third-order valence-electron chi connectivity index (χ3n) is 4.48. The van der Waals surface area contributed by atoms with E-state index in [1.54, 1.807) is 0 Å². The van der Waals surface area contributed by atoms with Gasteiger partial charge in [0, 0.05) is 6.42 Å². The second-order valence-electron chi connectivity index (χ2n) is 6.42. The smallest absolute Gasteiger partial charge is 0.157 e. The molecule has 0 aliphatic carbocycles. The molecule has 0 radical (unpaired) electrons. The molecule has 1 saturated heterocycles. The second-order valence-corrected chi connectivity index (χ2v) is 6.42. The first-order valence-corrected chi connectivity index (χ1v) is 9.00. The fourth-order valence-electron chi connectivity index (χ4n) is 2.99. The molecule has 4 nitrogen and oxygen atoms in total. The molecule has 3 atom stereocenters. The van der Waals surface area contributed by atoms with E-state index >= 15 is 0 Å². The molecule has 140 valence electrons. The van der Waals surface area contributed by atoms with Crippen LogP contribution in [0.5, 0.6) is 0 Å². The van der Waals surface area contributed by atoms with Crippen LogP contribution in [-0.4, -0.2) is 40.4 Å². The quantitative estimate of drug-likeness (QED) is 0.666. The van der Waals surface area contributed by atoms with Gasteiger partial charge in [0.25, 0.3) is 0 Å². The van der Waals surface area contributed by atoms with Gasteiger partial charge in [-0.1, -0.05) is 84.9 Å². The molecule has 0 bridgehead atoms. The predicted molar refractivity (Wildman–Crippen MR) is 106 cm³/mol. The van der Waals surface area contributed by atoms with Crippen molar-refractivity contribution in [1.82, 2.24) is 0 Å². The van der Waals surface area contributed by atoms with Gasteiger partial charge in [0.2, 0.25) is 0 Å². The SMILES string of the molecule is OC[C@H]1OC(O)C[C@@H]1O.c1ccc(-c2ccc(-c3ccccc3)cc2)cc1. The Morgan fingerprint density at radius 3 is 1.37 bits per heavy atom. The molecule has 1 heterocycles. The summed E-state index contributed by atoms with van der Waals surface area (Å²) in [5.41, 5.74) is 5.04. The van der Waals surface area contributed by atoms with Gasteiger partial charge in [0.15, 0.2) is 6.29 Å². The molecule has 27 heavy (non-hydrogen) atoms. The van der Waals surface area contributed by atoms with Gasteiger partial charge < -0.3 is 20.1 Å². The first kappa shape index (κ1) is 19.3. The fraction of sp³-hybridized carbons (Fsp3) is 0.217. The Morgan fingerprint density at radius 2 is 1.07 bits per heavy atom. The van der Waals surface area contributed by atoms with E-state index in [0.29, 0.717) is 0 Å². The molecule has 0 aromatic heterocycles. The minimum Gasteiger partial charge on any atom is -0.394 e. The number of ether oxygens (including phenoxy) is 1. The molecule has 0 spiro atoms. The van der Waals surface area contributed by atoms with Crippen molar-refractivity contribution >= 4 is 0 Å². The van der Waals surface area contributed by atoms with Crippen molar-refractivity contribution in [2.24, 2.45) is 0 Å². The largest absolute Gasteiger partial charge is 0.394 e. The van der Waals surface area contributed by atoms with Crippen LogP contribution in [0, 0.1) is 0 Å². The Bertz CT molecular complexity index is 744. The summed E-state index contributed by atoms with van der Waals surface area (Å²) >= 11 is 0. The summed E-state index contributed by atoms with van der Waals surface area (Å²) in [6.07, 6.45) is -2.02. The lowest BCUT2D eigenvalue weighted by Crippen LogP contribution is -2.24. The van der Waals surface area contributed by atoms with Crippen molar-refractivity contribution in [2.75, 3.05) is 6.61 Å². The van der Waals surface area contributed by atoms with Crippen LogP contribution in [0.1, 0.15) is 6.42 Å². The zero-order valence-corrected chi connectivity index (χ0v) is 15.0. The van der Waals surface area contributed by atoms with E-state index in [1.807, 2.05) is 12.1 Å². The highest BCUT2D eigenvalue weighted by molar-refractivity contribution is 5.70. The molecule has 3 aromatic carbocycles. The van der Waals surface area contributed by atoms with E-state index in [2.05, 4.69) is 77.5 Å². The number of aliphatic hydroxyl groups excluding tert-OH is 3. The maximum absolute atomic E-state index is 8.91. The van der Waals surface area contributed by atoms with Crippen LogP contribution in [0.25, 0.3) is 22.3 Å². The van der Waals surface area contributed by atoms with Crippen LogP contribution < -0.4 is 0 Å². The summed E-state index contributed by atoms with van der Waals surface area (Å²) in [7, 11) is 0. The minimum atomic E-state index is -0.905. The highest BCUT2D eigenvalue weighted by Gasteiger charge is 2.31. The van der Waals surface area contributed by atoms with E-state index in [4.69, 9.17) is 15.3 Å². The highest BCUT2D eigenvalue weighted by Crippen LogP contribution is 2.24. The van der Waals surface area contributed by atoms with Gasteiger partial charge in [-0.05, 0) is 22.3 Å². The lowest BCUT2D eigenvalue weighted by Gasteiger charge is -2.08. The summed E-state index contributed by atoms with van der Waals surface area (Å²) < 4.78 is 4.68. The van der Waals surface area contributed by atoms with Crippen LogP contribution in [0.4, 0.5) is 0 Å². The number of benzene rings is 3. The summed E-state index contributed by atoms with van der Waals surface area (Å²) in [4.78, 5) is 0. The van der Waals surface area contributed by atoms with Crippen LogP contribution in [-0.2, 0) is 4.74 Å². The molecule has 3 aromatic rings. The molecule has 1 fully saturated rings. The molecule has 4 rings (SSSR count). The first-order valence-electron chi connectivity index (χ1n) is 9.00. The van der Waals surface area contributed by atoms with Crippen molar-refractivity contribution in [1.29, 1.82) is 0 Å². The lowest BCUT2D eigenvalue weighted by molar-refractivity contribution is -0.107. The maximum Gasteiger partial charge on any atom is 0.157 e. The molecule has 1 unspecified atom stereocenters. The topological polar surface area (TPSA) is 69.9 Å². The number of hydrogen-bond donors (Lipinski definition) is 3. The molecular formula is C23H24O4. The van der Waals surface area contributed by atoms with Crippen LogP contribution in [0.3, 0.4) is 0 Å². The van der Waals surface area contributed by atoms with Gasteiger partial charge in [0.1, 0.15) is 6.10 Å². The highest BCUT2D eigenvalue weighted by atomic mass is 16.6. The van der Waals surface area contributed by atoms with Crippen LogP contribution in [0.15, 0.2) is 84.9 Å². The molecular weight excluding hydrogens is 340 g/mol. The normalized spacial score (nSPS) is 21.4. The first-order chi connectivity index (χ1) is 13.2. The Kier molecular flexibility index (Phi) is 6.74. The molecule has 1 aliphatic heterocycles. The van der Waals surface area contributed by atoms with E-state index < -0.39 is 18.5 Å². The number of hydrogen-bond acceptors (Lipinski definition) is 4. The van der Waals surface area contributed by atoms with Gasteiger partial charge in [0.05, 0.1) is 12.7 Å². The Balaban J connectivity index is 0.000000197. The maximum atomic E-state index is 8.91. The standard InChI is InChI=1S/C18H14.C5H10O4/c1-3-7-15(8-4-1)17-11-13-18(14-12-17)16-9-5-2-6-10-16;6-2-4-3(7)1-5(8)9-4/h1-14H;3-8H,1-2H2/t;3-,4+,5?/m.0/s1. The van der Waals surface area contributed by atoms with E-state index in [0.717, 1.165) is 0 Å². The molecule has 4 heteroatoms. The third kappa shape index (κ3) is 5.25. The molecule has 3 N–H and O–H groups in total. The average molecular weight is 364 g/mol. The van der Waals surface area contributed by atoms with E-state index in [1.165, 1.54) is 22.3 Å². The average Bonchev–Trinajstić information content (AvgIpc) is 3.07. The summed E-state index contributed by atoms with van der Waals surface area (Å²) in [6, 6.07) is 29.6. The van der Waals surface area contributed by atoms with E-state index in [9.17, 15) is 0 Å². The molecule has 0 amide bonds. The summed E-state index contributed by atoms with van der Waals surface area (Å²) in [6.45, 7) is -0.238. The number of aliphatic hydroxyl groups is 3. The zero-order valence-electron chi connectivity index (χ0n) is 15.0. The monoisotopic (exact) mass is 364 g/mol. The van der Waals surface area contributed by atoms with Gasteiger partial charge in [-0.15, -0.1) is 0 Å². The predicted octanol–water partition coefficient (Wildman–Crippen LogP) is 3.47. The summed E-state index contributed by atoms with van der Waals surface area (Å²) in [5, 5.41) is 26.1. The lowest BCUT2D eigenvalue weighted by atomic mass is 10.0. The van der Waals surface area contributed by atoms with Crippen molar-refractivity contribution in [3.8, 4) is 22.3 Å². The van der Waals surface area contributed by atoms with Crippen molar-refractivity contribution in [3.05, 3.63) is 84.9 Å². The van der Waals surface area contributed by atoms with Gasteiger partial charge in [-0.3, -0.25) is 0 Å². The third-order valence-corrected chi connectivity index (χ3v) is 4.48. The van der Waals surface area contributed by atoms with Gasteiger partial charge in [-0.2, -0.15) is 0 Å². The van der Waals surface area contributed by atoms with E-state index in [-0.39, 0.29) is 13.0 Å². The van der Waals surface area contributed by atoms with Crippen molar-refractivity contribution < 1.29 is 20.1 Å². The fourth-order valence-corrected chi connectivity index (χ4v) is 2.99. The zero-order chi connectivity index (χ0) is 19.1. The Labute approximate surface area is 159 Å².